The van der Waals surface area contributed by atoms with Gasteiger partial charge >= 0.3 is 5.97 Å². The zero-order chi connectivity index (χ0) is 22.7. The van der Waals surface area contributed by atoms with Crippen molar-refractivity contribution in [1.82, 2.24) is 4.90 Å². The van der Waals surface area contributed by atoms with Crippen LogP contribution in [0.2, 0.25) is 5.02 Å². The first-order valence-electron chi connectivity index (χ1n) is 8.92. The van der Waals surface area contributed by atoms with Crippen LogP contribution in [-0.4, -0.2) is 35.2 Å². The summed E-state index contributed by atoms with van der Waals surface area (Å²) in [5.41, 5.74) is 1.63. The van der Waals surface area contributed by atoms with Crippen LogP contribution in [0.25, 0.3) is 6.08 Å². The SMILES string of the molecule is COC(=O)[C@H](C)N1C(=O)S/C(=C/c2cc(Br)c(OCc3ccc(Cl)cc3)c(Br)c2)C1=O. The van der Waals surface area contributed by atoms with Crippen molar-refractivity contribution in [3.05, 3.63) is 66.4 Å². The third-order valence-electron chi connectivity index (χ3n) is 4.37. The molecule has 2 amide bonds. The lowest BCUT2D eigenvalue weighted by Gasteiger charge is -2.18. The average molecular weight is 590 g/mol. The van der Waals surface area contributed by atoms with Gasteiger partial charge in [-0.05, 0) is 92.0 Å². The van der Waals surface area contributed by atoms with E-state index in [1.807, 2.05) is 12.1 Å². The predicted octanol–water partition coefficient (Wildman–Crippen LogP) is 6.04. The lowest BCUT2D eigenvalue weighted by atomic mass is 10.2. The number of carbonyl (C=O) groups excluding carboxylic acids is 3. The quantitative estimate of drug-likeness (QED) is 0.302. The van der Waals surface area contributed by atoms with Crippen LogP contribution >= 0.6 is 55.2 Å². The van der Waals surface area contributed by atoms with E-state index in [-0.39, 0.29) is 4.91 Å². The van der Waals surface area contributed by atoms with Gasteiger partial charge in [-0.15, -0.1) is 0 Å². The molecule has 0 aromatic heterocycles. The summed E-state index contributed by atoms with van der Waals surface area (Å²) < 4.78 is 11.9. The maximum atomic E-state index is 12.7. The second-order valence-electron chi connectivity index (χ2n) is 6.48. The monoisotopic (exact) mass is 587 g/mol. The highest BCUT2D eigenvalue weighted by molar-refractivity contribution is 9.11. The molecule has 1 aliphatic rings. The number of amides is 2. The van der Waals surface area contributed by atoms with Gasteiger partial charge in [-0.2, -0.15) is 0 Å². The highest BCUT2D eigenvalue weighted by atomic mass is 79.9. The fraction of sp³-hybridized carbons (Fsp3) is 0.190. The van der Waals surface area contributed by atoms with Crippen molar-refractivity contribution >= 4 is 78.4 Å². The van der Waals surface area contributed by atoms with E-state index in [4.69, 9.17) is 16.3 Å². The third-order valence-corrected chi connectivity index (χ3v) is 6.68. The van der Waals surface area contributed by atoms with Gasteiger partial charge in [0.05, 0.1) is 21.0 Å². The molecule has 0 aliphatic carbocycles. The van der Waals surface area contributed by atoms with Crippen LogP contribution in [0.5, 0.6) is 5.75 Å². The maximum Gasteiger partial charge on any atom is 0.328 e. The molecule has 3 rings (SSSR count). The number of halogens is 3. The molecule has 2 aromatic rings. The van der Waals surface area contributed by atoms with Crippen LogP contribution in [0.15, 0.2) is 50.2 Å². The standard InChI is InChI=1S/C21H16Br2ClNO5S/c1-11(20(27)29-2)25-19(26)17(31-21(25)28)9-13-7-15(22)18(16(23)8-13)30-10-12-3-5-14(24)6-4-12/h3-9,11H,10H2,1-2H3/b17-9+/t11-/m0/s1. The molecular formula is C21H16Br2ClNO5S. The summed E-state index contributed by atoms with van der Waals surface area (Å²) in [4.78, 5) is 37.7. The first-order valence-corrected chi connectivity index (χ1v) is 11.7. The summed E-state index contributed by atoms with van der Waals surface area (Å²) in [6, 6.07) is 9.90. The van der Waals surface area contributed by atoms with Crippen LogP contribution in [0.3, 0.4) is 0 Å². The molecule has 1 saturated heterocycles. The Morgan fingerprint density at radius 2 is 1.81 bits per heavy atom. The third kappa shape index (κ3) is 5.52. The highest BCUT2D eigenvalue weighted by Crippen LogP contribution is 2.38. The molecule has 6 nitrogen and oxygen atoms in total. The van der Waals surface area contributed by atoms with Crippen LogP contribution in [0, 0.1) is 0 Å². The zero-order valence-electron chi connectivity index (χ0n) is 16.4. The van der Waals surface area contributed by atoms with Gasteiger partial charge in [-0.25, -0.2) is 4.79 Å². The van der Waals surface area contributed by atoms with Crippen molar-refractivity contribution < 1.29 is 23.9 Å². The Balaban J connectivity index is 1.78. The summed E-state index contributed by atoms with van der Waals surface area (Å²) >= 11 is 13.7. The van der Waals surface area contributed by atoms with Gasteiger partial charge in [0.2, 0.25) is 0 Å². The summed E-state index contributed by atoms with van der Waals surface area (Å²) in [6.07, 6.45) is 1.59. The van der Waals surface area contributed by atoms with Crippen molar-refractivity contribution in [3.63, 3.8) is 0 Å². The molecule has 0 saturated carbocycles. The Bertz CT molecular complexity index is 1050. The topological polar surface area (TPSA) is 72.9 Å². The molecule has 0 radical (unpaired) electrons. The van der Waals surface area contributed by atoms with E-state index >= 15 is 0 Å². The number of esters is 1. The van der Waals surface area contributed by atoms with Gasteiger partial charge in [0, 0.05) is 5.02 Å². The van der Waals surface area contributed by atoms with Gasteiger partial charge < -0.3 is 9.47 Å². The van der Waals surface area contributed by atoms with Gasteiger partial charge in [0.1, 0.15) is 18.4 Å². The number of benzene rings is 2. The Hall–Kier alpha value is -1.81. The molecule has 1 fully saturated rings. The lowest BCUT2D eigenvalue weighted by Crippen LogP contribution is -2.42. The van der Waals surface area contributed by atoms with Gasteiger partial charge in [0.25, 0.3) is 11.1 Å². The number of ether oxygens (including phenoxy) is 2. The number of thioether (sulfide) groups is 1. The molecule has 1 aliphatic heterocycles. The van der Waals surface area contributed by atoms with Crippen LogP contribution < -0.4 is 4.74 Å². The van der Waals surface area contributed by atoms with E-state index in [1.165, 1.54) is 14.0 Å². The van der Waals surface area contributed by atoms with Crippen LogP contribution in [-0.2, 0) is 20.9 Å². The van der Waals surface area contributed by atoms with Crippen molar-refractivity contribution in [3.8, 4) is 5.75 Å². The Morgan fingerprint density at radius 3 is 2.39 bits per heavy atom. The number of rotatable bonds is 6. The molecular weight excluding hydrogens is 574 g/mol. The average Bonchev–Trinajstić information content (AvgIpc) is 3.00. The maximum absolute atomic E-state index is 12.7. The van der Waals surface area contributed by atoms with E-state index in [9.17, 15) is 14.4 Å². The molecule has 0 spiro atoms. The second-order valence-corrected chi connectivity index (χ2v) is 9.62. The van der Waals surface area contributed by atoms with Gasteiger partial charge in [0.15, 0.2) is 0 Å². The molecule has 1 atom stereocenters. The fourth-order valence-electron chi connectivity index (χ4n) is 2.78. The van der Waals surface area contributed by atoms with E-state index in [2.05, 4.69) is 36.6 Å². The fourth-order valence-corrected chi connectivity index (χ4v) is 5.26. The summed E-state index contributed by atoms with van der Waals surface area (Å²) in [5.74, 6) is -0.598. The number of carbonyl (C=O) groups is 3. The van der Waals surface area contributed by atoms with Gasteiger partial charge in [-0.3, -0.25) is 14.5 Å². The molecule has 2 aromatic carbocycles. The van der Waals surface area contributed by atoms with Gasteiger partial charge in [-0.1, -0.05) is 23.7 Å². The number of imide groups is 1. The first-order chi connectivity index (χ1) is 14.7. The highest BCUT2D eigenvalue weighted by Gasteiger charge is 2.41. The number of nitrogens with zero attached hydrogens (tertiary/aromatic N) is 1. The van der Waals surface area contributed by atoms with Crippen molar-refractivity contribution in [1.29, 1.82) is 0 Å². The van der Waals surface area contributed by atoms with Crippen molar-refractivity contribution in [2.45, 2.75) is 19.6 Å². The minimum Gasteiger partial charge on any atom is -0.487 e. The summed E-state index contributed by atoms with van der Waals surface area (Å²) in [7, 11) is 1.21. The largest absolute Gasteiger partial charge is 0.487 e. The molecule has 162 valence electrons. The number of hydrogen-bond donors (Lipinski definition) is 0. The lowest BCUT2D eigenvalue weighted by molar-refractivity contribution is -0.148. The first kappa shape index (κ1) is 23.8. The second kappa shape index (κ2) is 10.2. The minimum absolute atomic E-state index is 0.217. The van der Waals surface area contributed by atoms with Crippen molar-refractivity contribution in [2.75, 3.05) is 7.11 Å². The predicted molar refractivity (Wildman–Crippen MR) is 127 cm³/mol. The van der Waals surface area contributed by atoms with Crippen LogP contribution in [0.4, 0.5) is 4.79 Å². The van der Waals surface area contributed by atoms with Crippen molar-refractivity contribution in [2.24, 2.45) is 0 Å². The van der Waals surface area contributed by atoms with E-state index < -0.39 is 23.2 Å². The molecule has 0 unspecified atom stereocenters. The van der Waals surface area contributed by atoms with E-state index in [1.54, 1.807) is 30.3 Å². The van der Waals surface area contributed by atoms with Crippen LogP contribution in [0.1, 0.15) is 18.1 Å². The Labute approximate surface area is 205 Å². The zero-order valence-corrected chi connectivity index (χ0v) is 21.1. The Morgan fingerprint density at radius 1 is 1.19 bits per heavy atom. The molecule has 0 N–H and O–H groups in total. The Kier molecular flexibility index (Phi) is 7.85. The minimum atomic E-state index is -0.995. The van der Waals surface area contributed by atoms with E-state index in [0.717, 1.165) is 22.2 Å². The molecule has 10 heteroatoms. The normalized spacial score (nSPS) is 16.0. The number of methoxy groups -OCH3 is 1. The summed E-state index contributed by atoms with van der Waals surface area (Å²) in [6.45, 7) is 1.79. The smallest absolute Gasteiger partial charge is 0.328 e. The number of hydrogen-bond acceptors (Lipinski definition) is 6. The van der Waals surface area contributed by atoms with E-state index in [0.29, 0.717) is 31.9 Å². The molecule has 1 heterocycles. The molecule has 0 bridgehead atoms. The summed E-state index contributed by atoms with van der Waals surface area (Å²) in [5, 5.41) is 0.135. The molecule has 31 heavy (non-hydrogen) atoms.